The number of carboxylic acids is 1. The van der Waals surface area contributed by atoms with Crippen molar-refractivity contribution in [3.63, 3.8) is 0 Å². The van der Waals surface area contributed by atoms with E-state index in [-0.39, 0.29) is 6.54 Å². The van der Waals surface area contributed by atoms with Gasteiger partial charge in [-0.05, 0) is 17.5 Å². The lowest BCUT2D eigenvalue weighted by molar-refractivity contribution is -0.135. The molecule has 0 fully saturated rings. The van der Waals surface area contributed by atoms with Crippen LogP contribution in [0.5, 0.6) is 0 Å². The standard InChI is InChI=1S/C12H11FN2O2/c1-15(7-10(16)17)12-11-8(5-6-14-12)3-2-4-9(11)13/h2-6H,7H2,1H3,(H,16,17). The van der Waals surface area contributed by atoms with Gasteiger partial charge in [0, 0.05) is 13.2 Å². The van der Waals surface area contributed by atoms with Gasteiger partial charge in [0.1, 0.15) is 18.2 Å². The number of halogens is 1. The molecule has 0 atom stereocenters. The van der Waals surface area contributed by atoms with Crippen molar-refractivity contribution in [2.24, 2.45) is 0 Å². The molecule has 1 aromatic heterocycles. The predicted octanol–water partition coefficient (Wildman–Crippen LogP) is 1.89. The second-order valence-corrected chi connectivity index (χ2v) is 3.72. The van der Waals surface area contributed by atoms with Crippen LogP contribution in [0.3, 0.4) is 0 Å². The van der Waals surface area contributed by atoms with Crippen molar-refractivity contribution in [1.29, 1.82) is 0 Å². The van der Waals surface area contributed by atoms with E-state index < -0.39 is 11.8 Å². The number of hydrogen-bond donors (Lipinski definition) is 1. The molecule has 0 saturated heterocycles. The highest BCUT2D eigenvalue weighted by molar-refractivity contribution is 5.93. The van der Waals surface area contributed by atoms with E-state index in [9.17, 15) is 9.18 Å². The summed E-state index contributed by atoms with van der Waals surface area (Å²) in [5.74, 6) is -1.05. The van der Waals surface area contributed by atoms with Crippen molar-refractivity contribution >= 4 is 22.6 Å². The number of likely N-dealkylation sites (N-methyl/N-ethyl adjacent to an activating group) is 1. The smallest absolute Gasteiger partial charge is 0.323 e. The number of rotatable bonds is 3. The predicted molar refractivity (Wildman–Crippen MR) is 62.6 cm³/mol. The van der Waals surface area contributed by atoms with Crippen molar-refractivity contribution in [2.45, 2.75) is 0 Å². The topological polar surface area (TPSA) is 53.4 Å². The molecule has 88 valence electrons. The van der Waals surface area contributed by atoms with Gasteiger partial charge in [-0.15, -0.1) is 0 Å². The average Bonchev–Trinajstić information content (AvgIpc) is 2.28. The molecule has 0 radical (unpaired) electrons. The number of fused-ring (bicyclic) bond motifs is 1. The Morgan fingerprint density at radius 1 is 1.47 bits per heavy atom. The van der Waals surface area contributed by atoms with Gasteiger partial charge in [-0.25, -0.2) is 9.37 Å². The Kier molecular flexibility index (Phi) is 2.91. The number of anilines is 1. The van der Waals surface area contributed by atoms with Gasteiger partial charge in [0.05, 0.1) is 5.39 Å². The number of nitrogens with zero attached hydrogens (tertiary/aromatic N) is 2. The van der Waals surface area contributed by atoms with Crippen LogP contribution in [-0.2, 0) is 4.79 Å². The zero-order valence-electron chi connectivity index (χ0n) is 9.22. The van der Waals surface area contributed by atoms with Crippen molar-refractivity contribution in [1.82, 2.24) is 4.98 Å². The zero-order chi connectivity index (χ0) is 12.4. The molecule has 0 saturated carbocycles. The maximum atomic E-state index is 13.7. The number of aliphatic carboxylic acids is 1. The Hall–Kier alpha value is -2.17. The third-order valence-electron chi connectivity index (χ3n) is 2.45. The van der Waals surface area contributed by atoms with Gasteiger partial charge >= 0.3 is 5.97 Å². The van der Waals surface area contributed by atoms with Crippen molar-refractivity contribution in [3.8, 4) is 0 Å². The molecular formula is C12H11FN2O2. The molecule has 0 aliphatic rings. The highest BCUT2D eigenvalue weighted by atomic mass is 19.1. The number of pyridine rings is 1. The van der Waals surface area contributed by atoms with Crippen molar-refractivity contribution in [2.75, 3.05) is 18.5 Å². The van der Waals surface area contributed by atoms with E-state index in [2.05, 4.69) is 4.98 Å². The Bertz CT molecular complexity index is 566. The molecular weight excluding hydrogens is 223 g/mol. The first-order valence-corrected chi connectivity index (χ1v) is 5.06. The minimum absolute atomic E-state index is 0.222. The second kappa shape index (κ2) is 4.37. The Morgan fingerprint density at radius 3 is 2.94 bits per heavy atom. The summed E-state index contributed by atoms with van der Waals surface area (Å²) < 4.78 is 13.7. The summed E-state index contributed by atoms with van der Waals surface area (Å²) in [5, 5.41) is 9.77. The fourth-order valence-corrected chi connectivity index (χ4v) is 1.74. The van der Waals surface area contributed by atoms with Crippen LogP contribution < -0.4 is 4.90 Å². The number of aromatic nitrogens is 1. The van der Waals surface area contributed by atoms with Crippen molar-refractivity contribution in [3.05, 3.63) is 36.3 Å². The SMILES string of the molecule is CN(CC(=O)O)c1nccc2cccc(F)c12. The van der Waals surface area contributed by atoms with Gasteiger partial charge < -0.3 is 10.0 Å². The quantitative estimate of drug-likeness (QED) is 0.881. The van der Waals surface area contributed by atoms with Gasteiger partial charge in [-0.2, -0.15) is 0 Å². The zero-order valence-corrected chi connectivity index (χ0v) is 9.22. The van der Waals surface area contributed by atoms with E-state index in [1.807, 2.05) is 0 Å². The number of benzene rings is 1. The molecule has 0 unspecified atom stereocenters. The third kappa shape index (κ3) is 2.18. The minimum Gasteiger partial charge on any atom is -0.480 e. The van der Waals surface area contributed by atoms with Crippen LogP contribution in [0.4, 0.5) is 10.2 Å². The molecule has 17 heavy (non-hydrogen) atoms. The largest absolute Gasteiger partial charge is 0.480 e. The molecule has 1 aromatic carbocycles. The van der Waals surface area contributed by atoms with E-state index in [0.29, 0.717) is 16.6 Å². The van der Waals surface area contributed by atoms with Gasteiger partial charge in [0.2, 0.25) is 0 Å². The molecule has 4 nitrogen and oxygen atoms in total. The average molecular weight is 234 g/mol. The lowest BCUT2D eigenvalue weighted by Crippen LogP contribution is -2.26. The fraction of sp³-hybridized carbons (Fsp3) is 0.167. The highest BCUT2D eigenvalue weighted by Gasteiger charge is 2.13. The van der Waals surface area contributed by atoms with Crippen LogP contribution in [0, 0.1) is 5.82 Å². The molecule has 1 N–H and O–H groups in total. The van der Waals surface area contributed by atoms with Crippen LogP contribution in [0.2, 0.25) is 0 Å². The van der Waals surface area contributed by atoms with Crippen LogP contribution >= 0.6 is 0 Å². The Balaban J connectivity index is 2.57. The van der Waals surface area contributed by atoms with E-state index in [1.165, 1.54) is 17.2 Å². The second-order valence-electron chi connectivity index (χ2n) is 3.72. The summed E-state index contributed by atoms with van der Waals surface area (Å²) in [6.07, 6.45) is 1.54. The molecule has 2 rings (SSSR count). The van der Waals surface area contributed by atoms with E-state index in [0.717, 1.165) is 0 Å². The molecule has 1 heterocycles. The van der Waals surface area contributed by atoms with Gasteiger partial charge in [0.15, 0.2) is 0 Å². The minimum atomic E-state index is -0.984. The molecule has 0 aliphatic carbocycles. The maximum absolute atomic E-state index is 13.7. The van der Waals surface area contributed by atoms with Crippen molar-refractivity contribution < 1.29 is 14.3 Å². The molecule has 0 amide bonds. The van der Waals surface area contributed by atoms with E-state index in [4.69, 9.17) is 5.11 Å². The van der Waals surface area contributed by atoms with Gasteiger partial charge in [0.25, 0.3) is 0 Å². The molecule has 0 bridgehead atoms. The summed E-state index contributed by atoms with van der Waals surface area (Å²) in [6.45, 7) is -0.222. The Labute approximate surface area is 97.3 Å². The number of hydrogen-bond acceptors (Lipinski definition) is 3. The molecule has 0 aliphatic heterocycles. The number of carbonyl (C=O) groups is 1. The third-order valence-corrected chi connectivity index (χ3v) is 2.45. The first-order valence-electron chi connectivity index (χ1n) is 5.06. The van der Waals surface area contributed by atoms with Crippen LogP contribution in [0.15, 0.2) is 30.5 Å². The normalized spacial score (nSPS) is 10.5. The van der Waals surface area contributed by atoms with E-state index >= 15 is 0 Å². The first kappa shape index (κ1) is 11.3. The monoisotopic (exact) mass is 234 g/mol. The highest BCUT2D eigenvalue weighted by Crippen LogP contribution is 2.25. The molecule has 5 heteroatoms. The van der Waals surface area contributed by atoms with Crippen LogP contribution in [0.25, 0.3) is 10.8 Å². The summed E-state index contributed by atoms with van der Waals surface area (Å²) in [6, 6.07) is 6.40. The fourth-order valence-electron chi connectivity index (χ4n) is 1.74. The number of carboxylic acid groups (broad SMARTS) is 1. The summed E-state index contributed by atoms with van der Waals surface area (Å²) in [7, 11) is 1.57. The lowest BCUT2D eigenvalue weighted by Gasteiger charge is -2.17. The summed E-state index contributed by atoms with van der Waals surface area (Å²) in [5.41, 5.74) is 0. The first-order chi connectivity index (χ1) is 8.09. The summed E-state index contributed by atoms with van der Waals surface area (Å²) in [4.78, 5) is 16.1. The van der Waals surface area contributed by atoms with Gasteiger partial charge in [-0.1, -0.05) is 12.1 Å². The summed E-state index contributed by atoms with van der Waals surface area (Å²) >= 11 is 0. The Morgan fingerprint density at radius 2 is 2.24 bits per heavy atom. The maximum Gasteiger partial charge on any atom is 0.323 e. The van der Waals surface area contributed by atoms with Gasteiger partial charge in [-0.3, -0.25) is 4.79 Å². The lowest BCUT2D eigenvalue weighted by atomic mass is 10.1. The van der Waals surface area contributed by atoms with E-state index in [1.54, 1.807) is 25.2 Å². The molecule has 2 aromatic rings. The van der Waals surface area contributed by atoms with Crippen LogP contribution in [-0.4, -0.2) is 29.7 Å². The molecule has 0 spiro atoms. The van der Waals surface area contributed by atoms with Crippen LogP contribution in [0.1, 0.15) is 0 Å².